The molecule has 2 fully saturated rings. The van der Waals surface area contributed by atoms with Gasteiger partial charge in [0, 0.05) is 50.7 Å². The van der Waals surface area contributed by atoms with Crippen molar-refractivity contribution in [3.63, 3.8) is 0 Å². The maximum Gasteiger partial charge on any atom is 0.253 e. The first-order chi connectivity index (χ1) is 9.33. The minimum Gasteiger partial charge on any atom is -0.352 e. The van der Waals surface area contributed by atoms with E-state index in [2.05, 4.69) is 20.5 Å². The van der Waals surface area contributed by atoms with Crippen LogP contribution in [0.5, 0.6) is 0 Å². The van der Waals surface area contributed by atoms with Crippen molar-refractivity contribution in [1.82, 2.24) is 20.5 Å². The van der Waals surface area contributed by atoms with Crippen LogP contribution in [-0.4, -0.2) is 36.2 Å². The van der Waals surface area contributed by atoms with Crippen molar-refractivity contribution in [2.24, 2.45) is 11.8 Å². The average molecular weight is 260 g/mol. The van der Waals surface area contributed by atoms with E-state index in [1.807, 2.05) is 12.3 Å². The molecule has 0 bridgehead atoms. The molecule has 2 aliphatic heterocycles. The third-order valence-corrected chi connectivity index (χ3v) is 4.76. The van der Waals surface area contributed by atoms with Crippen LogP contribution in [0.1, 0.15) is 22.5 Å². The number of hydrogen-bond acceptors (Lipinski definition) is 3. The highest BCUT2D eigenvalue weighted by Gasteiger charge is 2.47. The van der Waals surface area contributed by atoms with E-state index in [-0.39, 0.29) is 5.91 Å². The van der Waals surface area contributed by atoms with Crippen LogP contribution in [-0.2, 0) is 13.1 Å². The number of aromatic nitrogens is 1. The van der Waals surface area contributed by atoms with Gasteiger partial charge in [-0.3, -0.25) is 4.79 Å². The molecule has 4 rings (SSSR count). The summed E-state index contributed by atoms with van der Waals surface area (Å²) in [5.74, 6) is 1.52. The van der Waals surface area contributed by atoms with Crippen molar-refractivity contribution in [2.75, 3.05) is 19.6 Å². The van der Waals surface area contributed by atoms with Gasteiger partial charge in [-0.25, -0.2) is 0 Å². The van der Waals surface area contributed by atoms with E-state index in [0.717, 1.165) is 55.9 Å². The Morgan fingerprint density at radius 3 is 3.26 bits per heavy atom. The highest BCUT2D eigenvalue weighted by molar-refractivity contribution is 5.95. The standard InChI is InChI=1S/C14H20N4O/c19-14(17-7-9-6-16-12-5-11(9)12)10-1-3-18-4-2-15-8-13(10)18/h1,3,9,11-12,15-16H,2,4-8H2,(H,17,19). The first-order valence-electron chi connectivity index (χ1n) is 7.23. The summed E-state index contributed by atoms with van der Waals surface area (Å²) in [6.45, 7) is 4.61. The van der Waals surface area contributed by atoms with Crippen molar-refractivity contribution in [3.8, 4) is 0 Å². The minimum atomic E-state index is 0.0848. The Bertz CT molecular complexity index is 510. The van der Waals surface area contributed by atoms with Gasteiger partial charge in [0.15, 0.2) is 0 Å². The lowest BCUT2D eigenvalue weighted by Gasteiger charge is -2.18. The molecule has 3 aliphatic rings. The van der Waals surface area contributed by atoms with Gasteiger partial charge in [-0.1, -0.05) is 0 Å². The van der Waals surface area contributed by atoms with E-state index in [4.69, 9.17) is 0 Å². The van der Waals surface area contributed by atoms with E-state index in [1.54, 1.807) is 0 Å². The van der Waals surface area contributed by atoms with E-state index >= 15 is 0 Å². The van der Waals surface area contributed by atoms with Crippen LogP contribution in [0.15, 0.2) is 12.3 Å². The summed E-state index contributed by atoms with van der Waals surface area (Å²) < 4.78 is 2.18. The molecule has 1 aliphatic carbocycles. The molecule has 3 unspecified atom stereocenters. The van der Waals surface area contributed by atoms with Crippen molar-refractivity contribution in [1.29, 1.82) is 0 Å². The number of nitrogens with zero attached hydrogens (tertiary/aromatic N) is 1. The van der Waals surface area contributed by atoms with Gasteiger partial charge >= 0.3 is 0 Å². The molecule has 102 valence electrons. The summed E-state index contributed by atoms with van der Waals surface area (Å²) in [7, 11) is 0. The summed E-state index contributed by atoms with van der Waals surface area (Å²) >= 11 is 0. The summed E-state index contributed by atoms with van der Waals surface area (Å²) in [6.07, 6.45) is 3.32. The first-order valence-corrected chi connectivity index (χ1v) is 7.23. The average Bonchev–Trinajstić information content (AvgIpc) is 2.93. The Labute approximate surface area is 112 Å². The van der Waals surface area contributed by atoms with Gasteiger partial charge in [-0.05, 0) is 24.3 Å². The van der Waals surface area contributed by atoms with Gasteiger partial charge in [0.25, 0.3) is 5.91 Å². The normalized spacial score (nSPS) is 31.7. The third-order valence-electron chi connectivity index (χ3n) is 4.76. The van der Waals surface area contributed by atoms with Gasteiger partial charge < -0.3 is 20.5 Å². The topological polar surface area (TPSA) is 58.1 Å². The number of hydrogen-bond donors (Lipinski definition) is 3. The number of carbonyl (C=O) groups excluding carboxylic acids is 1. The molecule has 0 aromatic carbocycles. The smallest absolute Gasteiger partial charge is 0.253 e. The fourth-order valence-corrected chi connectivity index (χ4v) is 3.49. The van der Waals surface area contributed by atoms with Crippen molar-refractivity contribution in [2.45, 2.75) is 25.6 Å². The highest BCUT2D eigenvalue weighted by Crippen LogP contribution is 2.41. The number of fused-ring (bicyclic) bond motifs is 2. The molecule has 5 nitrogen and oxygen atoms in total. The van der Waals surface area contributed by atoms with E-state index in [9.17, 15) is 4.79 Å². The SMILES string of the molecule is O=C(NCC1CNC2CC12)c1ccn2c1CNCC2. The van der Waals surface area contributed by atoms with Crippen LogP contribution in [0.2, 0.25) is 0 Å². The molecule has 3 heterocycles. The second kappa shape index (κ2) is 4.35. The minimum absolute atomic E-state index is 0.0848. The molecule has 19 heavy (non-hydrogen) atoms. The summed E-state index contributed by atoms with van der Waals surface area (Å²) in [5, 5.41) is 9.92. The van der Waals surface area contributed by atoms with Crippen LogP contribution in [0.4, 0.5) is 0 Å². The molecule has 1 amide bonds. The van der Waals surface area contributed by atoms with Crippen molar-refractivity contribution in [3.05, 3.63) is 23.5 Å². The van der Waals surface area contributed by atoms with Crippen LogP contribution in [0.3, 0.4) is 0 Å². The Morgan fingerprint density at radius 2 is 2.47 bits per heavy atom. The second-order valence-corrected chi connectivity index (χ2v) is 5.93. The molecule has 1 saturated heterocycles. The zero-order chi connectivity index (χ0) is 12.8. The van der Waals surface area contributed by atoms with Crippen LogP contribution < -0.4 is 16.0 Å². The molecule has 1 saturated carbocycles. The van der Waals surface area contributed by atoms with Gasteiger partial charge in [0.1, 0.15) is 0 Å². The molecule has 0 spiro atoms. The van der Waals surface area contributed by atoms with Gasteiger partial charge in [-0.15, -0.1) is 0 Å². The van der Waals surface area contributed by atoms with Gasteiger partial charge in [0.2, 0.25) is 0 Å². The summed E-state index contributed by atoms with van der Waals surface area (Å²) in [4.78, 5) is 12.3. The molecule has 5 heteroatoms. The van der Waals surface area contributed by atoms with Crippen molar-refractivity contribution >= 4 is 5.91 Å². The zero-order valence-electron chi connectivity index (χ0n) is 11.0. The number of piperidine rings is 1. The molecule has 1 aromatic heterocycles. The summed E-state index contributed by atoms with van der Waals surface area (Å²) in [5.41, 5.74) is 1.96. The monoisotopic (exact) mass is 260 g/mol. The first kappa shape index (κ1) is 11.5. The van der Waals surface area contributed by atoms with Crippen LogP contribution in [0, 0.1) is 11.8 Å². The van der Waals surface area contributed by atoms with E-state index in [0.29, 0.717) is 5.92 Å². The summed E-state index contributed by atoms with van der Waals surface area (Å²) in [6, 6.07) is 2.69. The Balaban J connectivity index is 1.41. The predicted octanol–water partition coefficient (Wildman–Crippen LogP) is -0.0710. The Morgan fingerprint density at radius 1 is 1.53 bits per heavy atom. The van der Waals surface area contributed by atoms with Gasteiger partial charge in [-0.2, -0.15) is 0 Å². The molecule has 3 atom stereocenters. The number of amides is 1. The lowest BCUT2D eigenvalue weighted by Crippen LogP contribution is -2.34. The number of nitrogens with one attached hydrogen (secondary N) is 3. The third kappa shape index (κ3) is 1.97. The molecular formula is C14H20N4O. The van der Waals surface area contributed by atoms with Crippen molar-refractivity contribution < 1.29 is 4.79 Å². The Hall–Kier alpha value is -1.33. The largest absolute Gasteiger partial charge is 0.352 e. The van der Waals surface area contributed by atoms with E-state index < -0.39 is 0 Å². The zero-order valence-corrected chi connectivity index (χ0v) is 11.0. The number of rotatable bonds is 3. The lowest BCUT2D eigenvalue weighted by molar-refractivity contribution is 0.0945. The maximum atomic E-state index is 12.3. The van der Waals surface area contributed by atoms with E-state index in [1.165, 1.54) is 6.42 Å². The highest BCUT2D eigenvalue weighted by atomic mass is 16.1. The molecule has 3 N–H and O–H groups in total. The number of carbonyl (C=O) groups is 1. The predicted molar refractivity (Wildman–Crippen MR) is 71.9 cm³/mol. The maximum absolute atomic E-state index is 12.3. The Kier molecular flexibility index (Phi) is 2.63. The second-order valence-electron chi connectivity index (χ2n) is 5.93. The quantitative estimate of drug-likeness (QED) is 0.713. The fraction of sp³-hybridized carbons (Fsp3) is 0.643. The molecule has 1 aromatic rings. The lowest BCUT2D eigenvalue weighted by atomic mass is 10.1. The molecule has 0 radical (unpaired) electrons. The van der Waals surface area contributed by atoms with Crippen LogP contribution >= 0.6 is 0 Å². The fourth-order valence-electron chi connectivity index (χ4n) is 3.49. The van der Waals surface area contributed by atoms with Gasteiger partial charge in [0.05, 0.1) is 5.56 Å². The van der Waals surface area contributed by atoms with Crippen LogP contribution in [0.25, 0.3) is 0 Å². The molecular weight excluding hydrogens is 240 g/mol.